The number of nitrogens with one attached hydrogen (secondary N) is 1. The second kappa shape index (κ2) is 6.46. The van der Waals surface area contributed by atoms with Gasteiger partial charge in [0.2, 0.25) is 0 Å². The second-order valence-corrected chi connectivity index (χ2v) is 6.25. The number of aliphatic carboxylic acids is 1. The third-order valence-electron chi connectivity index (χ3n) is 3.01. The maximum Gasteiger partial charge on any atom is 0.324 e. The van der Waals surface area contributed by atoms with Crippen LogP contribution in [-0.4, -0.2) is 56.6 Å². The van der Waals surface area contributed by atoms with Gasteiger partial charge in [0.1, 0.15) is 6.04 Å². The third-order valence-corrected chi connectivity index (χ3v) is 4.63. The smallest absolute Gasteiger partial charge is 0.324 e. The van der Waals surface area contributed by atoms with Crippen molar-refractivity contribution in [1.29, 1.82) is 0 Å². The van der Waals surface area contributed by atoms with Crippen LogP contribution in [0.3, 0.4) is 0 Å². The number of carbonyl (C=O) groups is 1. The Bertz CT molecular complexity index is 376. The van der Waals surface area contributed by atoms with Crippen molar-refractivity contribution >= 4 is 16.2 Å². The van der Waals surface area contributed by atoms with Crippen LogP contribution in [-0.2, 0) is 19.7 Å². The molecule has 1 fully saturated rings. The van der Waals surface area contributed by atoms with Gasteiger partial charge in [0.15, 0.2) is 0 Å². The van der Waals surface area contributed by atoms with E-state index in [1.807, 2.05) is 0 Å². The Morgan fingerprint density at radius 1 is 1.50 bits per heavy atom. The molecule has 7 nitrogen and oxygen atoms in total. The molecule has 1 atom stereocenters. The highest BCUT2D eigenvalue weighted by Gasteiger charge is 2.31. The Kier molecular flexibility index (Phi) is 5.51. The Hall–Kier alpha value is -0.700. The zero-order chi connectivity index (χ0) is 13.8. The molecule has 1 rings (SSSR count). The zero-order valence-corrected chi connectivity index (χ0v) is 11.4. The predicted octanol–water partition coefficient (Wildman–Crippen LogP) is -0.348. The summed E-state index contributed by atoms with van der Waals surface area (Å²) in [6.45, 7) is 2.73. The molecule has 0 aliphatic carbocycles. The molecule has 0 spiro atoms. The molecule has 18 heavy (non-hydrogen) atoms. The van der Waals surface area contributed by atoms with Crippen LogP contribution in [0.5, 0.6) is 0 Å². The van der Waals surface area contributed by atoms with Crippen molar-refractivity contribution in [2.24, 2.45) is 5.92 Å². The molecule has 106 valence electrons. The van der Waals surface area contributed by atoms with E-state index < -0.39 is 22.2 Å². The average molecular weight is 280 g/mol. The fraction of sp³-hybridized carbons (Fsp3) is 0.900. The molecule has 2 N–H and O–H groups in total. The maximum atomic E-state index is 12.0. The largest absolute Gasteiger partial charge is 0.480 e. The Morgan fingerprint density at radius 3 is 2.50 bits per heavy atom. The van der Waals surface area contributed by atoms with E-state index in [2.05, 4.69) is 16.4 Å². The SMILES string of the molecule is COCC(NS(=O)(=O)N1CCC(C)CC1)C(=O)O. The predicted molar refractivity (Wildman–Crippen MR) is 65.3 cm³/mol. The van der Waals surface area contributed by atoms with E-state index in [1.165, 1.54) is 11.4 Å². The van der Waals surface area contributed by atoms with Crippen molar-refractivity contribution in [1.82, 2.24) is 9.03 Å². The van der Waals surface area contributed by atoms with E-state index in [0.717, 1.165) is 12.8 Å². The number of ether oxygens (including phenoxy) is 1. The summed E-state index contributed by atoms with van der Waals surface area (Å²) in [5, 5.41) is 8.88. The van der Waals surface area contributed by atoms with Gasteiger partial charge in [0.25, 0.3) is 10.2 Å². The molecule has 0 aromatic carbocycles. The van der Waals surface area contributed by atoms with Gasteiger partial charge in [-0.2, -0.15) is 17.4 Å². The van der Waals surface area contributed by atoms with Gasteiger partial charge >= 0.3 is 5.97 Å². The first-order chi connectivity index (χ1) is 8.36. The van der Waals surface area contributed by atoms with E-state index in [0.29, 0.717) is 19.0 Å². The molecule has 1 unspecified atom stereocenters. The minimum absolute atomic E-state index is 0.196. The third kappa shape index (κ3) is 4.20. The second-order valence-electron chi connectivity index (χ2n) is 4.55. The topological polar surface area (TPSA) is 95.9 Å². The average Bonchev–Trinajstić information content (AvgIpc) is 2.28. The highest BCUT2D eigenvalue weighted by molar-refractivity contribution is 7.87. The van der Waals surface area contributed by atoms with Crippen LogP contribution in [0, 0.1) is 5.92 Å². The molecule has 8 heteroatoms. The van der Waals surface area contributed by atoms with Gasteiger partial charge in [-0.05, 0) is 18.8 Å². The monoisotopic (exact) mass is 280 g/mol. The Labute approximate surface area is 107 Å². The lowest BCUT2D eigenvalue weighted by atomic mass is 10.0. The van der Waals surface area contributed by atoms with Gasteiger partial charge in [-0.3, -0.25) is 4.79 Å². The quantitative estimate of drug-likeness (QED) is 0.693. The van der Waals surface area contributed by atoms with Gasteiger partial charge in [0.05, 0.1) is 6.61 Å². The number of methoxy groups -OCH3 is 1. The standard InChI is InChI=1S/C10H20N2O5S/c1-8-3-5-12(6-4-8)18(15,16)11-9(7-17-2)10(13)14/h8-9,11H,3-7H2,1-2H3,(H,13,14). The summed E-state index contributed by atoms with van der Waals surface area (Å²) in [6, 6.07) is -1.25. The van der Waals surface area contributed by atoms with Crippen molar-refractivity contribution in [3.8, 4) is 0 Å². The summed E-state index contributed by atoms with van der Waals surface area (Å²) in [6.07, 6.45) is 1.59. The van der Waals surface area contributed by atoms with Crippen LogP contribution in [0.4, 0.5) is 0 Å². The first-order valence-electron chi connectivity index (χ1n) is 5.86. The number of carboxylic acids is 1. The first-order valence-corrected chi connectivity index (χ1v) is 7.30. The van der Waals surface area contributed by atoms with Gasteiger partial charge in [-0.1, -0.05) is 6.92 Å². The minimum atomic E-state index is -3.75. The maximum absolute atomic E-state index is 12.0. The number of piperidine rings is 1. The summed E-state index contributed by atoms with van der Waals surface area (Å²) >= 11 is 0. The van der Waals surface area contributed by atoms with E-state index in [9.17, 15) is 13.2 Å². The molecule has 1 aliphatic rings. The van der Waals surface area contributed by atoms with Gasteiger partial charge in [-0.15, -0.1) is 0 Å². The normalized spacial score (nSPS) is 20.8. The van der Waals surface area contributed by atoms with Gasteiger partial charge in [0, 0.05) is 20.2 Å². The van der Waals surface area contributed by atoms with Crippen LogP contribution in [0.15, 0.2) is 0 Å². The highest BCUT2D eigenvalue weighted by Crippen LogP contribution is 2.18. The van der Waals surface area contributed by atoms with E-state index >= 15 is 0 Å². The fourth-order valence-corrected chi connectivity index (χ4v) is 3.17. The van der Waals surface area contributed by atoms with Crippen molar-refractivity contribution in [3.05, 3.63) is 0 Å². The first kappa shape index (κ1) is 15.4. The summed E-state index contributed by atoms with van der Waals surface area (Å²) in [5.74, 6) is -0.739. The van der Waals surface area contributed by atoms with Crippen molar-refractivity contribution in [2.75, 3.05) is 26.8 Å². The van der Waals surface area contributed by atoms with Crippen LogP contribution in [0.2, 0.25) is 0 Å². The van der Waals surface area contributed by atoms with E-state index in [-0.39, 0.29) is 6.61 Å². The van der Waals surface area contributed by atoms with E-state index in [4.69, 9.17) is 5.11 Å². The molecule has 0 amide bonds. The lowest BCUT2D eigenvalue weighted by Gasteiger charge is -2.30. The molecule has 0 bridgehead atoms. The molecule has 1 saturated heterocycles. The molecule has 0 aromatic rings. The van der Waals surface area contributed by atoms with E-state index in [1.54, 1.807) is 0 Å². The molecular weight excluding hydrogens is 260 g/mol. The highest BCUT2D eigenvalue weighted by atomic mass is 32.2. The minimum Gasteiger partial charge on any atom is -0.480 e. The summed E-state index contributed by atoms with van der Waals surface area (Å²) in [5.41, 5.74) is 0. The fourth-order valence-electron chi connectivity index (χ4n) is 1.80. The summed E-state index contributed by atoms with van der Waals surface area (Å²) < 4.78 is 32.1. The molecule has 0 radical (unpaired) electrons. The lowest BCUT2D eigenvalue weighted by molar-refractivity contribution is -0.140. The molecule has 0 aromatic heterocycles. The van der Waals surface area contributed by atoms with Crippen LogP contribution in [0.1, 0.15) is 19.8 Å². The van der Waals surface area contributed by atoms with Crippen LogP contribution < -0.4 is 4.72 Å². The van der Waals surface area contributed by atoms with Crippen LogP contribution in [0.25, 0.3) is 0 Å². The zero-order valence-electron chi connectivity index (χ0n) is 10.6. The van der Waals surface area contributed by atoms with Gasteiger partial charge < -0.3 is 9.84 Å². The number of hydrogen-bond acceptors (Lipinski definition) is 4. The summed E-state index contributed by atoms with van der Waals surface area (Å²) in [4.78, 5) is 10.9. The molecule has 1 aliphatic heterocycles. The number of carboxylic acid groups (broad SMARTS) is 1. The van der Waals surface area contributed by atoms with Gasteiger partial charge in [-0.25, -0.2) is 0 Å². The number of hydrogen-bond donors (Lipinski definition) is 2. The number of nitrogens with zero attached hydrogens (tertiary/aromatic N) is 1. The molecule has 0 saturated carbocycles. The van der Waals surface area contributed by atoms with Crippen molar-refractivity contribution in [2.45, 2.75) is 25.8 Å². The van der Waals surface area contributed by atoms with Crippen LogP contribution >= 0.6 is 0 Å². The lowest BCUT2D eigenvalue weighted by Crippen LogP contribution is -2.51. The van der Waals surface area contributed by atoms with Crippen molar-refractivity contribution < 1.29 is 23.1 Å². The Morgan fingerprint density at radius 2 is 2.06 bits per heavy atom. The summed E-state index contributed by atoms with van der Waals surface area (Å²) in [7, 11) is -2.42. The molecule has 1 heterocycles. The number of rotatable bonds is 6. The molecular formula is C10H20N2O5S. The Balaban J connectivity index is 2.65. The van der Waals surface area contributed by atoms with Crippen molar-refractivity contribution in [3.63, 3.8) is 0 Å².